The second-order valence-corrected chi connectivity index (χ2v) is 5.22. The van der Waals surface area contributed by atoms with Gasteiger partial charge in [-0.25, -0.2) is 24.0 Å². The number of carbonyl (C=O) groups is 5. The van der Waals surface area contributed by atoms with E-state index >= 15 is 0 Å². The minimum atomic E-state index is -1.34. The summed E-state index contributed by atoms with van der Waals surface area (Å²) in [5.41, 5.74) is -1.13. The third-order valence-electron chi connectivity index (χ3n) is 3.20. The van der Waals surface area contributed by atoms with E-state index in [9.17, 15) is 24.0 Å². The number of carboxylic acid groups (broad SMARTS) is 2. The van der Waals surface area contributed by atoms with Gasteiger partial charge in [-0.1, -0.05) is 13.5 Å². The average Bonchev–Trinajstić information content (AvgIpc) is 2.63. The van der Waals surface area contributed by atoms with Gasteiger partial charge in [0.1, 0.15) is 19.8 Å². The van der Waals surface area contributed by atoms with Crippen molar-refractivity contribution in [2.75, 3.05) is 19.8 Å². The fourth-order valence-corrected chi connectivity index (χ4v) is 1.54. The molecule has 0 aromatic carbocycles. The fraction of sp³-hybridized carbons (Fsp3) is 0.353. The maximum Gasteiger partial charge on any atom is 0.331 e. The Balaban J connectivity index is 5.10. The Labute approximate surface area is 154 Å². The number of rotatable bonds is 12. The van der Waals surface area contributed by atoms with Crippen LogP contribution in [0, 0.1) is 5.41 Å². The molecule has 0 saturated heterocycles. The lowest BCUT2D eigenvalue weighted by Gasteiger charge is -2.30. The van der Waals surface area contributed by atoms with Crippen LogP contribution in [0.2, 0.25) is 0 Å². The minimum Gasteiger partial charge on any atom is -0.478 e. The summed E-state index contributed by atoms with van der Waals surface area (Å²) in [5.74, 6) is -5.34. The van der Waals surface area contributed by atoms with Crippen molar-refractivity contribution in [1.29, 1.82) is 0 Å². The van der Waals surface area contributed by atoms with Gasteiger partial charge in [0.25, 0.3) is 0 Å². The first-order valence-corrected chi connectivity index (χ1v) is 7.59. The van der Waals surface area contributed by atoms with Gasteiger partial charge in [0.15, 0.2) is 0 Å². The molecule has 0 saturated carbocycles. The molecule has 0 unspecified atom stereocenters. The predicted molar refractivity (Wildman–Crippen MR) is 89.3 cm³/mol. The van der Waals surface area contributed by atoms with Crippen LogP contribution in [0.4, 0.5) is 0 Å². The summed E-state index contributed by atoms with van der Waals surface area (Å²) in [6, 6.07) is 0. The van der Waals surface area contributed by atoms with E-state index < -0.39 is 35.3 Å². The third kappa shape index (κ3) is 10.9. The molecule has 0 radical (unpaired) electrons. The molecule has 0 fully saturated rings. The number of carboxylic acids is 2. The summed E-state index contributed by atoms with van der Waals surface area (Å²) in [6.45, 7) is 3.90. The summed E-state index contributed by atoms with van der Waals surface area (Å²) in [6.07, 6.45) is 3.72. The topological polar surface area (TPSA) is 154 Å². The Kier molecular flexibility index (Phi) is 10.5. The van der Waals surface area contributed by atoms with E-state index in [4.69, 9.17) is 24.4 Å². The van der Waals surface area contributed by atoms with Crippen LogP contribution in [0.5, 0.6) is 0 Å². The quantitative estimate of drug-likeness (QED) is 0.276. The van der Waals surface area contributed by atoms with Crippen molar-refractivity contribution in [3.8, 4) is 0 Å². The van der Waals surface area contributed by atoms with Crippen molar-refractivity contribution in [3.63, 3.8) is 0 Å². The zero-order valence-electron chi connectivity index (χ0n) is 14.6. The second-order valence-electron chi connectivity index (χ2n) is 5.22. The lowest BCUT2D eigenvalue weighted by Crippen LogP contribution is -2.38. The van der Waals surface area contributed by atoms with Crippen LogP contribution in [-0.2, 0) is 38.2 Å². The maximum absolute atomic E-state index is 11.5. The Bertz CT molecular complexity index is 604. The molecule has 0 aromatic rings. The van der Waals surface area contributed by atoms with Gasteiger partial charge in [-0.2, -0.15) is 0 Å². The number of esters is 3. The summed E-state index contributed by atoms with van der Waals surface area (Å²) in [5, 5.41) is 17.0. The molecule has 148 valence electrons. The summed E-state index contributed by atoms with van der Waals surface area (Å²) in [7, 11) is 0. The summed E-state index contributed by atoms with van der Waals surface area (Å²) < 4.78 is 14.8. The van der Waals surface area contributed by atoms with Crippen LogP contribution in [0.3, 0.4) is 0 Å². The number of hydrogen-bond acceptors (Lipinski definition) is 8. The van der Waals surface area contributed by atoms with Crippen LogP contribution >= 0.6 is 0 Å². The average molecular weight is 384 g/mol. The molecule has 0 atom stereocenters. The van der Waals surface area contributed by atoms with Crippen molar-refractivity contribution < 1.29 is 48.4 Å². The first-order chi connectivity index (χ1) is 12.6. The molecule has 0 aliphatic rings. The summed E-state index contributed by atoms with van der Waals surface area (Å²) in [4.78, 5) is 55.2. The van der Waals surface area contributed by atoms with Crippen LogP contribution < -0.4 is 0 Å². The first-order valence-electron chi connectivity index (χ1n) is 7.59. The highest BCUT2D eigenvalue weighted by molar-refractivity contribution is 5.91. The van der Waals surface area contributed by atoms with E-state index in [-0.39, 0.29) is 26.2 Å². The SMILES string of the molecule is C=CC(=O)OCC(CC)(COC(=O)/C=C/C(=O)O)COC(=O)/C=C/C(=O)O. The van der Waals surface area contributed by atoms with Gasteiger partial charge in [0, 0.05) is 30.4 Å². The van der Waals surface area contributed by atoms with E-state index in [1.165, 1.54) is 0 Å². The standard InChI is InChI=1S/C17H20O10/c1-3-14(22)25-9-17(4-2,10-26-15(23)7-5-12(18)19)11-27-16(24)8-6-13(20)21/h3,5-8H,1,4,9-11H2,2H3,(H,18,19)(H,20,21)/b7-5+,8-6+. The molecule has 27 heavy (non-hydrogen) atoms. The van der Waals surface area contributed by atoms with Gasteiger partial charge in [0.2, 0.25) is 0 Å². The lowest BCUT2D eigenvalue weighted by molar-refractivity contribution is -0.156. The molecule has 0 rings (SSSR count). The Morgan fingerprint density at radius 3 is 1.44 bits per heavy atom. The largest absolute Gasteiger partial charge is 0.478 e. The number of carbonyl (C=O) groups excluding carboxylic acids is 3. The highest BCUT2D eigenvalue weighted by atomic mass is 16.6. The Hall–Kier alpha value is -3.43. The molecule has 0 bridgehead atoms. The van der Waals surface area contributed by atoms with Crippen LogP contribution in [0.25, 0.3) is 0 Å². The molecular weight excluding hydrogens is 364 g/mol. The first kappa shape index (κ1) is 23.6. The van der Waals surface area contributed by atoms with E-state index in [0.29, 0.717) is 24.3 Å². The van der Waals surface area contributed by atoms with Crippen LogP contribution in [0.1, 0.15) is 13.3 Å². The molecule has 10 heteroatoms. The van der Waals surface area contributed by atoms with Crippen LogP contribution in [-0.4, -0.2) is 59.9 Å². The zero-order chi connectivity index (χ0) is 20.9. The number of aliphatic carboxylic acids is 2. The zero-order valence-corrected chi connectivity index (χ0v) is 14.6. The van der Waals surface area contributed by atoms with E-state index in [2.05, 4.69) is 6.58 Å². The smallest absolute Gasteiger partial charge is 0.331 e. The van der Waals surface area contributed by atoms with Gasteiger partial charge in [-0.3, -0.25) is 0 Å². The molecule has 2 N–H and O–H groups in total. The number of hydrogen-bond donors (Lipinski definition) is 2. The van der Waals surface area contributed by atoms with Gasteiger partial charge < -0.3 is 24.4 Å². The molecule has 0 aromatic heterocycles. The predicted octanol–water partition coefficient (Wildman–Crippen LogP) is 0.480. The van der Waals surface area contributed by atoms with Crippen molar-refractivity contribution in [3.05, 3.63) is 37.0 Å². The summed E-state index contributed by atoms with van der Waals surface area (Å²) >= 11 is 0. The van der Waals surface area contributed by atoms with Crippen molar-refractivity contribution >= 4 is 29.8 Å². The van der Waals surface area contributed by atoms with Crippen molar-refractivity contribution in [2.24, 2.45) is 5.41 Å². The highest BCUT2D eigenvalue weighted by Gasteiger charge is 2.33. The fourth-order valence-electron chi connectivity index (χ4n) is 1.54. The molecular formula is C17H20O10. The molecule has 10 nitrogen and oxygen atoms in total. The molecule has 0 aliphatic carbocycles. The molecule has 0 heterocycles. The second kappa shape index (κ2) is 12.0. The minimum absolute atomic E-state index is 0.239. The van der Waals surface area contributed by atoms with Gasteiger partial charge >= 0.3 is 29.8 Å². The van der Waals surface area contributed by atoms with Crippen molar-refractivity contribution in [2.45, 2.75) is 13.3 Å². The monoisotopic (exact) mass is 384 g/mol. The van der Waals surface area contributed by atoms with Gasteiger partial charge in [-0.15, -0.1) is 0 Å². The van der Waals surface area contributed by atoms with E-state index in [1.54, 1.807) is 6.92 Å². The Morgan fingerprint density at radius 2 is 1.15 bits per heavy atom. The maximum atomic E-state index is 11.5. The molecule has 0 spiro atoms. The highest BCUT2D eigenvalue weighted by Crippen LogP contribution is 2.24. The van der Waals surface area contributed by atoms with E-state index in [1.807, 2.05) is 0 Å². The van der Waals surface area contributed by atoms with Crippen molar-refractivity contribution in [1.82, 2.24) is 0 Å². The third-order valence-corrected chi connectivity index (χ3v) is 3.20. The van der Waals surface area contributed by atoms with Gasteiger partial charge in [0.05, 0.1) is 5.41 Å². The van der Waals surface area contributed by atoms with Crippen LogP contribution in [0.15, 0.2) is 37.0 Å². The van der Waals surface area contributed by atoms with Gasteiger partial charge in [-0.05, 0) is 6.42 Å². The van der Waals surface area contributed by atoms with E-state index in [0.717, 1.165) is 6.08 Å². The normalized spacial score (nSPS) is 11.1. The number of ether oxygens (including phenoxy) is 3. The Morgan fingerprint density at radius 1 is 0.778 bits per heavy atom. The lowest BCUT2D eigenvalue weighted by atomic mass is 9.88. The molecule has 0 amide bonds. The molecule has 0 aliphatic heterocycles.